The number of carbonyl (C=O) groups is 1. The summed E-state index contributed by atoms with van der Waals surface area (Å²) in [5.74, 6) is 1.59. The number of pyridine rings is 1. The molecular formula is C22H35IN6O2. The molecular weight excluding hydrogens is 507 g/mol. The standard InChI is InChI=1S/C22H34N6O2.HI/c1-7-23-20(24-12-13-25-21(29)30-22(2,3)4)26-15-16-14-19(28(5)6)27-18-11-9-8-10-17(16)18;/h8-11,14H,7,12-13,15H2,1-6H3,(H,25,29)(H2,23,24,26);1H. The maximum atomic E-state index is 11.7. The van der Waals surface area contributed by atoms with E-state index in [4.69, 9.17) is 14.7 Å². The minimum absolute atomic E-state index is 0. The number of halogens is 1. The Bertz CT molecular complexity index is 880. The molecule has 0 aliphatic heterocycles. The van der Waals surface area contributed by atoms with E-state index in [1.807, 2.05) is 64.9 Å². The molecule has 1 aromatic carbocycles. The van der Waals surface area contributed by atoms with E-state index in [2.05, 4.69) is 28.1 Å². The molecule has 9 heteroatoms. The number of ether oxygens (including phenoxy) is 1. The molecule has 0 radical (unpaired) electrons. The molecule has 0 fully saturated rings. The Morgan fingerprint density at radius 3 is 2.45 bits per heavy atom. The van der Waals surface area contributed by atoms with E-state index in [-0.39, 0.29) is 24.0 Å². The van der Waals surface area contributed by atoms with Gasteiger partial charge < -0.3 is 25.6 Å². The zero-order chi connectivity index (χ0) is 22.1. The zero-order valence-corrected chi connectivity index (χ0v) is 21.6. The molecule has 0 saturated carbocycles. The second kappa shape index (κ2) is 12.5. The molecule has 2 aromatic rings. The van der Waals surface area contributed by atoms with Gasteiger partial charge in [0.05, 0.1) is 12.1 Å². The van der Waals surface area contributed by atoms with Crippen LogP contribution in [0.5, 0.6) is 0 Å². The Kier molecular flexibility index (Phi) is 10.8. The van der Waals surface area contributed by atoms with E-state index in [0.29, 0.717) is 25.6 Å². The Labute approximate surface area is 202 Å². The number of guanidine groups is 1. The third kappa shape index (κ3) is 9.16. The monoisotopic (exact) mass is 542 g/mol. The Morgan fingerprint density at radius 2 is 1.81 bits per heavy atom. The second-order valence-corrected chi connectivity index (χ2v) is 8.10. The van der Waals surface area contributed by atoms with E-state index in [1.165, 1.54) is 0 Å². The molecule has 0 unspecified atom stereocenters. The first kappa shape index (κ1) is 26.7. The first-order valence-corrected chi connectivity index (χ1v) is 10.2. The fourth-order valence-electron chi connectivity index (χ4n) is 2.76. The van der Waals surface area contributed by atoms with Gasteiger partial charge in [0.25, 0.3) is 0 Å². The number of carbonyl (C=O) groups excluding carboxylic acids is 1. The summed E-state index contributed by atoms with van der Waals surface area (Å²) in [6, 6.07) is 10.2. The van der Waals surface area contributed by atoms with Gasteiger partial charge in [-0.3, -0.25) is 0 Å². The van der Waals surface area contributed by atoms with Gasteiger partial charge in [-0.1, -0.05) is 18.2 Å². The van der Waals surface area contributed by atoms with Crippen molar-refractivity contribution in [2.45, 2.75) is 39.8 Å². The molecule has 1 aromatic heterocycles. The quantitative estimate of drug-likeness (QED) is 0.215. The number of fused-ring (bicyclic) bond motifs is 1. The maximum absolute atomic E-state index is 11.7. The number of aliphatic imine (C=N–C) groups is 1. The van der Waals surface area contributed by atoms with Crippen molar-refractivity contribution in [3.05, 3.63) is 35.9 Å². The highest BCUT2D eigenvalue weighted by Crippen LogP contribution is 2.22. The lowest BCUT2D eigenvalue weighted by Crippen LogP contribution is -2.42. The summed E-state index contributed by atoms with van der Waals surface area (Å²) in [6.07, 6.45) is -0.425. The SMILES string of the molecule is CCNC(=NCc1cc(N(C)C)nc2ccccc12)NCCNC(=O)OC(C)(C)C.I. The van der Waals surface area contributed by atoms with Crippen molar-refractivity contribution in [2.24, 2.45) is 4.99 Å². The van der Waals surface area contributed by atoms with Crippen LogP contribution in [-0.2, 0) is 11.3 Å². The van der Waals surface area contributed by atoms with Crippen LogP contribution in [0.15, 0.2) is 35.3 Å². The van der Waals surface area contributed by atoms with Crippen molar-refractivity contribution in [3.8, 4) is 0 Å². The van der Waals surface area contributed by atoms with Crippen LogP contribution in [0.3, 0.4) is 0 Å². The lowest BCUT2D eigenvalue weighted by atomic mass is 10.1. The number of anilines is 1. The van der Waals surface area contributed by atoms with E-state index >= 15 is 0 Å². The summed E-state index contributed by atoms with van der Waals surface area (Å²) in [5, 5.41) is 10.3. The van der Waals surface area contributed by atoms with Crippen LogP contribution < -0.4 is 20.9 Å². The van der Waals surface area contributed by atoms with Crippen LogP contribution >= 0.6 is 24.0 Å². The number of nitrogens with zero attached hydrogens (tertiary/aromatic N) is 3. The van der Waals surface area contributed by atoms with E-state index in [0.717, 1.165) is 28.8 Å². The van der Waals surface area contributed by atoms with Crippen LogP contribution in [0, 0.1) is 0 Å². The number of hydrogen-bond acceptors (Lipinski definition) is 5. The van der Waals surface area contributed by atoms with E-state index in [9.17, 15) is 4.79 Å². The number of amides is 1. The lowest BCUT2D eigenvalue weighted by Gasteiger charge is -2.20. The van der Waals surface area contributed by atoms with Crippen molar-refractivity contribution >= 4 is 52.8 Å². The molecule has 0 aliphatic carbocycles. The molecule has 2 rings (SSSR count). The van der Waals surface area contributed by atoms with Crippen LogP contribution in [0.2, 0.25) is 0 Å². The molecule has 3 N–H and O–H groups in total. The van der Waals surface area contributed by atoms with Gasteiger partial charge in [0.15, 0.2) is 5.96 Å². The number of hydrogen-bond donors (Lipinski definition) is 3. The van der Waals surface area contributed by atoms with Crippen LogP contribution in [-0.4, -0.2) is 56.4 Å². The predicted molar refractivity (Wildman–Crippen MR) is 139 cm³/mol. The highest BCUT2D eigenvalue weighted by molar-refractivity contribution is 14.0. The topological polar surface area (TPSA) is 90.9 Å². The minimum Gasteiger partial charge on any atom is -0.444 e. The second-order valence-electron chi connectivity index (χ2n) is 8.10. The summed E-state index contributed by atoms with van der Waals surface area (Å²) in [4.78, 5) is 23.1. The average Bonchev–Trinajstić information content (AvgIpc) is 2.67. The van der Waals surface area contributed by atoms with Crippen molar-refractivity contribution in [1.29, 1.82) is 0 Å². The van der Waals surface area contributed by atoms with Gasteiger partial charge in [0.1, 0.15) is 11.4 Å². The minimum atomic E-state index is -0.507. The number of alkyl carbamates (subject to hydrolysis) is 1. The fourth-order valence-corrected chi connectivity index (χ4v) is 2.76. The van der Waals surface area contributed by atoms with Gasteiger partial charge in [-0.15, -0.1) is 24.0 Å². The van der Waals surface area contributed by atoms with Crippen molar-refractivity contribution in [3.63, 3.8) is 0 Å². The molecule has 0 saturated heterocycles. The highest BCUT2D eigenvalue weighted by atomic mass is 127. The maximum Gasteiger partial charge on any atom is 0.407 e. The number of aromatic nitrogens is 1. The number of rotatable bonds is 7. The predicted octanol–water partition coefficient (Wildman–Crippen LogP) is 3.50. The number of para-hydroxylation sites is 1. The smallest absolute Gasteiger partial charge is 0.407 e. The van der Waals surface area contributed by atoms with Gasteiger partial charge in [0.2, 0.25) is 0 Å². The first-order valence-electron chi connectivity index (χ1n) is 10.2. The molecule has 31 heavy (non-hydrogen) atoms. The van der Waals surface area contributed by atoms with Gasteiger partial charge in [-0.05, 0) is 45.4 Å². The first-order chi connectivity index (χ1) is 14.2. The van der Waals surface area contributed by atoms with Gasteiger partial charge in [-0.25, -0.2) is 14.8 Å². The van der Waals surface area contributed by atoms with Crippen molar-refractivity contribution in [1.82, 2.24) is 20.9 Å². The van der Waals surface area contributed by atoms with Crippen LogP contribution in [0.4, 0.5) is 10.6 Å². The number of nitrogens with one attached hydrogen (secondary N) is 3. The largest absolute Gasteiger partial charge is 0.444 e. The van der Waals surface area contributed by atoms with Gasteiger partial charge >= 0.3 is 6.09 Å². The molecule has 1 amide bonds. The van der Waals surface area contributed by atoms with Crippen LogP contribution in [0.25, 0.3) is 10.9 Å². The van der Waals surface area contributed by atoms with Gasteiger partial charge in [0, 0.05) is 39.1 Å². The molecule has 0 atom stereocenters. The summed E-state index contributed by atoms with van der Waals surface area (Å²) in [7, 11) is 3.96. The summed E-state index contributed by atoms with van der Waals surface area (Å²) in [6.45, 7) is 9.75. The Morgan fingerprint density at radius 1 is 1.13 bits per heavy atom. The highest BCUT2D eigenvalue weighted by Gasteiger charge is 2.15. The van der Waals surface area contributed by atoms with E-state index in [1.54, 1.807) is 0 Å². The lowest BCUT2D eigenvalue weighted by molar-refractivity contribution is 0.0529. The van der Waals surface area contributed by atoms with Crippen LogP contribution in [0.1, 0.15) is 33.3 Å². The Balaban J connectivity index is 0.00000480. The molecule has 0 aliphatic rings. The summed E-state index contributed by atoms with van der Waals surface area (Å²) >= 11 is 0. The number of benzene rings is 1. The summed E-state index contributed by atoms with van der Waals surface area (Å²) < 4.78 is 5.24. The van der Waals surface area contributed by atoms with E-state index < -0.39 is 11.7 Å². The van der Waals surface area contributed by atoms with Crippen molar-refractivity contribution in [2.75, 3.05) is 38.6 Å². The zero-order valence-electron chi connectivity index (χ0n) is 19.3. The fraction of sp³-hybridized carbons (Fsp3) is 0.500. The van der Waals surface area contributed by atoms with Crippen molar-refractivity contribution < 1.29 is 9.53 Å². The summed E-state index contributed by atoms with van der Waals surface area (Å²) in [5.41, 5.74) is 1.55. The average molecular weight is 542 g/mol. The van der Waals surface area contributed by atoms with Gasteiger partial charge in [-0.2, -0.15) is 0 Å². The Hall–Kier alpha value is -2.30. The molecule has 0 bridgehead atoms. The molecule has 1 heterocycles. The normalized spacial score (nSPS) is 11.5. The molecule has 172 valence electrons. The third-order valence-corrected chi connectivity index (χ3v) is 4.08. The molecule has 8 nitrogen and oxygen atoms in total. The molecule has 0 spiro atoms. The third-order valence-electron chi connectivity index (χ3n) is 4.08.